The monoisotopic (exact) mass is 228 g/mol. The topological polar surface area (TPSA) is 72.6 Å². The first-order valence-electron chi connectivity index (χ1n) is 5.71. The molecule has 0 aromatic heterocycles. The Kier molecular flexibility index (Phi) is 4.29. The van der Waals surface area contributed by atoms with Crippen LogP contribution in [0.15, 0.2) is 0 Å². The van der Waals surface area contributed by atoms with E-state index in [1.54, 1.807) is 11.8 Å². The quantitative estimate of drug-likeness (QED) is 0.694. The number of hydrogen-bond acceptors (Lipinski definition) is 4. The van der Waals surface area contributed by atoms with Crippen LogP contribution < -0.4 is 5.73 Å². The smallest absolute Gasteiger partial charge is 0.329 e. The lowest BCUT2D eigenvalue weighted by molar-refractivity contribution is -0.155. The number of hydrogen-bond donors (Lipinski definition) is 1. The molecule has 0 radical (unpaired) electrons. The summed E-state index contributed by atoms with van der Waals surface area (Å²) in [7, 11) is 0. The van der Waals surface area contributed by atoms with Crippen molar-refractivity contribution >= 4 is 11.9 Å². The van der Waals surface area contributed by atoms with Gasteiger partial charge in [-0.1, -0.05) is 13.8 Å². The fraction of sp³-hybridized carbons (Fsp3) is 0.818. The van der Waals surface area contributed by atoms with Crippen LogP contribution in [0.1, 0.15) is 27.2 Å². The third kappa shape index (κ3) is 2.52. The summed E-state index contributed by atoms with van der Waals surface area (Å²) in [5.74, 6) is -0.444. The molecule has 1 rings (SSSR count). The van der Waals surface area contributed by atoms with Gasteiger partial charge in [-0.15, -0.1) is 0 Å². The predicted octanol–water partition coefficient (Wildman–Crippen LogP) is 0.134. The van der Waals surface area contributed by atoms with Gasteiger partial charge in [0.25, 0.3) is 0 Å². The molecule has 0 saturated carbocycles. The van der Waals surface area contributed by atoms with E-state index in [2.05, 4.69) is 0 Å². The first-order chi connectivity index (χ1) is 7.49. The van der Waals surface area contributed by atoms with E-state index in [1.807, 2.05) is 13.8 Å². The first-order valence-corrected chi connectivity index (χ1v) is 5.71. The molecule has 1 aliphatic heterocycles. The van der Waals surface area contributed by atoms with Crippen LogP contribution in [-0.4, -0.2) is 42.0 Å². The molecule has 1 heterocycles. The van der Waals surface area contributed by atoms with E-state index in [9.17, 15) is 9.59 Å². The van der Waals surface area contributed by atoms with Gasteiger partial charge in [0, 0.05) is 6.54 Å². The van der Waals surface area contributed by atoms with Crippen molar-refractivity contribution < 1.29 is 14.3 Å². The average molecular weight is 228 g/mol. The van der Waals surface area contributed by atoms with Gasteiger partial charge < -0.3 is 15.4 Å². The Hall–Kier alpha value is -1.10. The molecule has 5 heteroatoms. The molecule has 1 fully saturated rings. The van der Waals surface area contributed by atoms with Gasteiger partial charge in [-0.05, 0) is 19.3 Å². The molecule has 0 aromatic carbocycles. The summed E-state index contributed by atoms with van der Waals surface area (Å²) in [6.07, 6.45) is 0.613. The SMILES string of the molecule is CCOC(=O)C(C(C)C)N1CCC(N)C1=O. The lowest BCUT2D eigenvalue weighted by Gasteiger charge is -2.29. The highest BCUT2D eigenvalue weighted by atomic mass is 16.5. The van der Waals surface area contributed by atoms with Crippen LogP contribution in [0.4, 0.5) is 0 Å². The fourth-order valence-corrected chi connectivity index (χ4v) is 1.99. The van der Waals surface area contributed by atoms with Crippen molar-refractivity contribution in [3.8, 4) is 0 Å². The van der Waals surface area contributed by atoms with Gasteiger partial charge in [0.05, 0.1) is 12.6 Å². The Morgan fingerprint density at radius 2 is 2.25 bits per heavy atom. The van der Waals surface area contributed by atoms with E-state index in [0.29, 0.717) is 19.6 Å². The van der Waals surface area contributed by atoms with Gasteiger partial charge in [-0.2, -0.15) is 0 Å². The zero-order valence-electron chi connectivity index (χ0n) is 10.1. The number of rotatable bonds is 4. The molecule has 0 aliphatic carbocycles. The first kappa shape index (κ1) is 13.0. The van der Waals surface area contributed by atoms with Crippen LogP contribution in [-0.2, 0) is 14.3 Å². The molecule has 0 bridgehead atoms. The van der Waals surface area contributed by atoms with Gasteiger partial charge in [0.2, 0.25) is 5.91 Å². The molecular weight excluding hydrogens is 208 g/mol. The van der Waals surface area contributed by atoms with E-state index in [1.165, 1.54) is 0 Å². The lowest BCUT2D eigenvalue weighted by atomic mass is 10.0. The van der Waals surface area contributed by atoms with Crippen LogP contribution in [0.25, 0.3) is 0 Å². The van der Waals surface area contributed by atoms with Crippen LogP contribution in [0.3, 0.4) is 0 Å². The highest BCUT2D eigenvalue weighted by molar-refractivity contribution is 5.89. The number of carbonyl (C=O) groups excluding carboxylic acids is 2. The van der Waals surface area contributed by atoms with Gasteiger partial charge in [-0.25, -0.2) is 4.79 Å². The molecule has 2 N–H and O–H groups in total. The van der Waals surface area contributed by atoms with E-state index in [-0.39, 0.29) is 17.8 Å². The van der Waals surface area contributed by atoms with E-state index in [0.717, 1.165) is 0 Å². The van der Waals surface area contributed by atoms with Gasteiger partial charge in [-0.3, -0.25) is 4.79 Å². The Morgan fingerprint density at radius 3 is 2.62 bits per heavy atom. The largest absolute Gasteiger partial charge is 0.464 e. The number of likely N-dealkylation sites (tertiary alicyclic amines) is 1. The van der Waals surface area contributed by atoms with Crippen LogP contribution in [0, 0.1) is 5.92 Å². The summed E-state index contributed by atoms with van der Waals surface area (Å²) < 4.78 is 4.99. The second-order valence-corrected chi connectivity index (χ2v) is 4.37. The Morgan fingerprint density at radius 1 is 1.62 bits per heavy atom. The normalized spacial score (nSPS) is 22.7. The number of esters is 1. The zero-order chi connectivity index (χ0) is 12.3. The third-order valence-electron chi connectivity index (χ3n) is 2.78. The van der Waals surface area contributed by atoms with E-state index in [4.69, 9.17) is 10.5 Å². The molecule has 2 unspecified atom stereocenters. The van der Waals surface area contributed by atoms with E-state index >= 15 is 0 Å². The fourth-order valence-electron chi connectivity index (χ4n) is 1.99. The molecule has 1 saturated heterocycles. The summed E-state index contributed by atoms with van der Waals surface area (Å²) in [4.78, 5) is 25.1. The van der Waals surface area contributed by atoms with E-state index < -0.39 is 12.1 Å². The summed E-state index contributed by atoms with van der Waals surface area (Å²) >= 11 is 0. The van der Waals surface area contributed by atoms with Crippen molar-refractivity contribution in [2.24, 2.45) is 11.7 Å². The second kappa shape index (κ2) is 5.30. The van der Waals surface area contributed by atoms with Crippen molar-refractivity contribution in [2.75, 3.05) is 13.2 Å². The molecule has 0 aromatic rings. The Bertz CT molecular complexity index is 278. The predicted molar refractivity (Wildman–Crippen MR) is 59.6 cm³/mol. The van der Waals surface area contributed by atoms with Crippen LogP contribution in [0.5, 0.6) is 0 Å². The minimum absolute atomic E-state index is 0.0355. The maximum atomic E-state index is 11.8. The standard InChI is InChI=1S/C11H20N2O3/c1-4-16-11(15)9(7(2)3)13-6-5-8(12)10(13)14/h7-9H,4-6,12H2,1-3H3. The maximum Gasteiger partial charge on any atom is 0.329 e. The molecule has 5 nitrogen and oxygen atoms in total. The van der Waals surface area contributed by atoms with Crippen molar-refractivity contribution in [3.05, 3.63) is 0 Å². The van der Waals surface area contributed by atoms with Crippen molar-refractivity contribution in [1.29, 1.82) is 0 Å². The Labute approximate surface area is 95.9 Å². The van der Waals surface area contributed by atoms with Gasteiger partial charge >= 0.3 is 5.97 Å². The molecule has 1 amide bonds. The second-order valence-electron chi connectivity index (χ2n) is 4.37. The number of nitrogens with zero attached hydrogens (tertiary/aromatic N) is 1. The lowest BCUT2D eigenvalue weighted by Crippen LogP contribution is -2.48. The zero-order valence-corrected chi connectivity index (χ0v) is 10.1. The summed E-state index contributed by atoms with van der Waals surface area (Å²) in [6, 6.07) is -0.961. The van der Waals surface area contributed by atoms with Crippen molar-refractivity contribution in [3.63, 3.8) is 0 Å². The molecule has 92 valence electrons. The minimum Gasteiger partial charge on any atom is -0.464 e. The number of amides is 1. The van der Waals surface area contributed by atoms with Crippen molar-refractivity contribution in [1.82, 2.24) is 4.90 Å². The van der Waals surface area contributed by atoms with Crippen LogP contribution >= 0.6 is 0 Å². The maximum absolute atomic E-state index is 11.8. The van der Waals surface area contributed by atoms with Gasteiger partial charge in [0.15, 0.2) is 0 Å². The number of carbonyl (C=O) groups is 2. The van der Waals surface area contributed by atoms with Gasteiger partial charge in [0.1, 0.15) is 6.04 Å². The Balaban J connectivity index is 2.78. The highest BCUT2D eigenvalue weighted by Crippen LogP contribution is 2.19. The molecular formula is C11H20N2O3. The molecule has 1 aliphatic rings. The van der Waals surface area contributed by atoms with Crippen molar-refractivity contribution in [2.45, 2.75) is 39.3 Å². The number of ether oxygens (including phenoxy) is 1. The molecule has 16 heavy (non-hydrogen) atoms. The highest BCUT2D eigenvalue weighted by Gasteiger charge is 2.39. The molecule has 2 atom stereocenters. The summed E-state index contributed by atoms with van der Waals surface area (Å²) in [5.41, 5.74) is 5.64. The third-order valence-corrected chi connectivity index (χ3v) is 2.78. The minimum atomic E-state index is -0.499. The average Bonchev–Trinajstić information content (AvgIpc) is 2.50. The summed E-state index contributed by atoms with van der Waals surface area (Å²) in [5, 5.41) is 0. The molecule has 0 spiro atoms. The number of nitrogens with two attached hydrogens (primary N) is 1. The van der Waals surface area contributed by atoms with Crippen LogP contribution in [0.2, 0.25) is 0 Å². The summed E-state index contributed by atoms with van der Waals surface area (Å²) in [6.45, 7) is 6.43.